The Morgan fingerprint density at radius 2 is 1.54 bits per heavy atom. The van der Waals surface area contributed by atoms with Crippen molar-refractivity contribution in [2.45, 2.75) is 32.2 Å². The highest BCUT2D eigenvalue weighted by Gasteiger charge is 2.23. The average molecular weight is 486 g/mol. The standard InChI is InChI=1S/C29H28ClN3O2/c30-24-12-10-23(11-13-24)28-25-8-4-5-9-26(25)29(35)33(31-28)19-16-27(34)32-17-14-22(15-18-32)20-21-6-2-1-3-7-21/h1-13,22H,14-20H2. The largest absolute Gasteiger partial charge is 0.343 e. The zero-order valence-electron chi connectivity index (χ0n) is 19.6. The quantitative estimate of drug-likeness (QED) is 0.358. The van der Waals surface area contributed by atoms with Crippen LogP contribution in [0.3, 0.4) is 0 Å². The highest BCUT2D eigenvalue weighted by Crippen LogP contribution is 2.26. The van der Waals surface area contributed by atoms with Crippen LogP contribution in [0.25, 0.3) is 22.0 Å². The molecule has 0 saturated carbocycles. The Hall–Kier alpha value is -3.44. The highest BCUT2D eigenvalue weighted by molar-refractivity contribution is 6.30. The molecule has 1 fully saturated rings. The molecule has 0 bridgehead atoms. The number of piperidine rings is 1. The molecule has 1 aromatic heterocycles. The van der Waals surface area contributed by atoms with Gasteiger partial charge in [-0.25, -0.2) is 4.68 Å². The third kappa shape index (κ3) is 5.30. The van der Waals surface area contributed by atoms with Crippen molar-refractivity contribution < 1.29 is 4.79 Å². The van der Waals surface area contributed by atoms with E-state index in [-0.39, 0.29) is 24.4 Å². The number of aromatic nitrogens is 2. The highest BCUT2D eigenvalue weighted by atomic mass is 35.5. The van der Waals surface area contributed by atoms with Crippen LogP contribution < -0.4 is 5.56 Å². The number of carbonyl (C=O) groups excluding carboxylic acids is 1. The summed E-state index contributed by atoms with van der Waals surface area (Å²) >= 11 is 6.06. The van der Waals surface area contributed by atoms with Crippen LogP contribution in [0.2, 0.25) is 5.02 Å². The summed E-state index contributed by atoms with van der Waals surface area (Å²) in [5.74, 6) is 0.686. The van der Waals surface area contributed by atoms with E-state index in [0.29, 0.717) is 22.0 Å². The predicted molar refractivity (Wildman–Crippen MR) is 141 cm³/mol. The van der Waals surface area contributed by atoms with Crippen molar-refractivity contribution in [1.82, 2.24) is 14.7 Å². The van der Waals surface area contributed by atoms with E-state index in [9.17, 15) is 9.59 Å². The molecule has 3 aromatic carbocycles. The van der Waals surface area contributed by atoms with Crippen molar-refractivity contribution in [3.63, 3.8) is 0 Å². The van der Waals surface area contributed by atoms with Crippen molar-refractivity contribution in [3.05, 3.63) is 99.8 Å². The van der Waals surface area contributed by atoms with Crippen LogP contribution >= 0.6 is 11.6 Å². The fourth-order valence-corrected chi connectivity index (χ4v) is 5.03. The molecule has 0 radical (unpaired) electrons. The molecule has 2 heterocycles. The van der Waals surface area contributed by atoms with Gasteiger partial charge in [-0.05, 0) is 48.9 Å². The Morgan fingerprint density at radius 1 is 0.886 bits per heavy atom. The molecule has 1 aliphatic rings. The monoisotopic (exact) mass is 485 g/mol. The van der Waals surface area contributed by atoms with Crippen LogP contribution in [-0.2, 0) is 17.8 Å². The number of fused-ring (bicyclic) bond motifs is 1. The van der Waals surface area contributed by atoms with Crippen molar-refractivity contribution in [1.29, 1.82) is 0 Å². The number of hydrogen-bond acceptors (Lipinski definition) is 3. The van der Waals surface area contributed by atoms with E-state index < -0.39 is 0 Å². The number of carbonyl (C=O) groups is 1. The Labute approximate surface area is 210 Å². The van der Waals surface area contributed by atoms with Gasteiger partial charge in [-0.1, -0.05) is 72.3 Å². The fraction of sp³-hybridized carbons (Fsp3) is 0.276. The normalized spacial score (nSPS) is 14.4. The lowest BCUT2D eigenvalue weighted by atomic mass is 9.90. The second-order valence-electron chi connectivity index (χ2n) is 9.19. The van der Waals surface area contributed by atoms with Gasteiger partial charge in [0.25, 0.3) is 5.56 Å². The predicted octanol–water partition coefficient (Wildman–Crippen LogP) is 5.59. The number of benzene rings is 3. The Balaban J connectivity index is 1.28. The van der Waals surface area contributed by atoms with Gasteiger partial charge in [-0.3, -0.25) is 9.59 Å². The molecule has 1 amide bonds. The molecule has 5 nitrogen and oxygen atoms in total. The van der Waals surface area contributed by atoms with Crippen LogP contribution in [0.4, 0.5) is 0 Å². The van der Waals surface area contributed by atoms with Gasteiger partial charge in [-0.15, -0.1) is 0 Å². The van der Waals surface area contributed by atoms with E-state index >= 15 is 0 Å². The van der Waals surface area contributed by atoms with Gasteiger partial charge in [-0.2, -0.15) is 5.10 Å². The van der Waals surface area contributed by atoms with Gasteiger partial charge in [0.15, 0.2) is 0 Å². The summed E-state index contributed by atoms with van der Waals surface area (Å²) in [5.41, 5.74) is 2.78. The minimum absolute atomic E-state index is 0.0815. The molecule has 5 rings (SSSR count). The summed E-state index contributed by atoms with van der Waals surface area (Å²) < 4.78 is 1.44. The third-order valence-electron chi connectivity index (χ3n) is 6.86. The van der Waals surface area contributed by atoms with E-state index in [0.717, 1.165) is 43.3 Å². The number of halogens is 1. The number of hydrogen-bond donors (Lipinski definition) is 0. The number of aryl methyl sites for hydroxylation is 1. The second-order valence-corrected chi connectivity index (χ2v) is 9.63. The summed E-state index contributed by atoms with van der Waals surface area (Å²) in [5, 5.41) is 6.70. The van der Waals surface area contributed by atoms with Crippen molar-refractivity contribution in [2.75, 3.05) is 13.1 Å². The topological polar surface area (TPSA) is 55.2 Å². The van der Waals surface area contributed by atoms with Crippen LogP contribution in [-0.4, -0.2) is 33.7 Å². The van der Waals surface area contributed by atoms with Gasteiger partial charge < -0.3 is 4.90 Å². The number of nitrogens with zero attached hydrogens (tertiary/aromatic N) is 3. The minimum Gasteiger partial charge on any atom is -0.343 e. The number of amides is 1. The van der Waals surface area contributed by atoms with E-state index in [1.165, 1.54) is 10.2 Å². The first-order valence-corrected chi connectivity index (χ1v) is 12.5. The van der Waals surface area contributed by atoms with Gasteiger partial charge >= 0.3 is 0 Å². The molecular formula is C29H28ClN3O2. The van der Waals surface area contributed by atoms with Crippen molar-refractivity contribution in [3.8, 4) is 11.3 Å². The summed E-state index contributed by atoms with van der Waals surface area (Å²) in [6.07, 6.45) is 3.34. The summed E-state index contributed by atoms with van der Waals surface area (Å²) in [6.45, 7) is 1.80. The smallest absolute Gasteiger partial charge is 0.274 e. The molecule has 178 valence electrons. The van der Waals surface area contributed by atoms with Crippen LogP contribution in [0.15, 0.2) is 83.7 Å². The first-order valence-electron chi connectivity index (χ1n) is 12.2. The lowest BCUT2D eigenvalue weighted by molar-refractivity contribution is -0.132. The maximum absolute atomic E-state index is 13.1. The lowest BCUT2D eigenvalue weighted by Crippen LogP contribution is -2.39. The van der Waals surface area contributed by atoms with E-state index in [4.69, 9.17) is 11.6 Å². The third-order valence-corrected chi connectivity index (χ3v) is 7.11. The van der Waals surface area contributed by atoms with E-state index in [1.54, 1.807) is 0 Å². The molecule has 1 aliphatic heterocycles. The van der Waals surface area contributed by atoms with Crippen LogP contribution in [0.5, 0.6) is 0 Å². The first-order chi connectivity index (χ1) is 17.1. The zero-order chi connectivity index (χ0) is 24.2. The lowest BCUT2D eigenvalue weighted by Gasteiger charge is -2.32. The maximum atomic E-state index is 13.1. The Kier molecular flexibility index (Phi) is 6.96. The molecule has 0 aliphatic carbocycles. The fourth-order valence-electron chi connectivity index (χ4n) is 4.90. The van der Waals surface area contributed by atoms with Crippen LogP contribution in [0.1, 0.15) is 24.8 Å². The maximum Gasteiger partial charge on any atom is 0.274 e. The van der Waals surface area contributed by atoms with Crippen LogP contribution in [0, 0.1) is 5.92 Å². The van der Waals surface area contributed by atoms with Crippen molar-refractivity contribution in [2.24, 2.45) is 5.92 Å². The Morgan fingerprint density at radius 3 is 2.26 bits per heavy atom. The van der Waals surface area contributed by atoms with E-state index in [2.05, 4.69) is 29.4 Å². The van der Waals surface area contributed by atoms with Gasteiger partial charge in [0, 0.05) is 35.5 Å². The molecule has 0 N–H and O–H groups in total. The minimum atomic E-state index is -0.173. The molecule has 35 heavy (non-hydrogen) atoms. The molecule has 1 saturated heterocycles. The summed E-state index contributed by atoms with van der Waals surface area (Å²) in [4.78, 5) is 28.0. The second kappa shape index (κ2) is 10.4. The number of rotatable bonds is 6. The zero-order valence-corrected chi connectivity index (χ0v) is 20.3. The van der Waals surface area contributed by atoms with Gasteiger partial charge in [0.05, 0.1) is 17.6 Å². The molecule has 4 aromatic rings. The summed E-state index contributed by atoms with van der Waals surface area (Å²) in [7, 11) is 0. The Bertz CT molecular complexity index is 1370. The van der Waals surface area contributed by atoms with E-state index in [1.807, 2.05) is 59.5 Å². The first kappa shape index (κ1) is 23.3. The molecule has 6 heteroatoms. The van der Waals surface area contributed by atoms with Crippen molar-refractivity contribution >= 4 is 28.3 Å². The molecule has 0 spiro atoms. The molecule has 0 unspecified atom stereocenters. The van der Waals surface area contributed by atoms with Gasteiger partial charge in [0.2, 0.25) is 5.91 Å². The SMILES string of the molecule is O=C(CCn1nc(-c2ccc(Cl)cc2)c2ccccc2c1=O)N1CCC(Cc2ccccc2)CC1. The van der Waals surface area contributed by atoms with Gasteiger partial charge in [0.1, 0.15) is 0 Å². The molecular weight excluding hydrogens is 458 g/mol. The molecule has 0 atom stereocenters. The average Bonchev–Trinajstić information content (AvgIpc) is 2.90. The summed E-state index contributed by atoms with van der Waals surface area (Å²) in [6, 6.07) is 25.4. The number of likely N-dealkylation sites (tertiary alicyclic amines) is 1.